The van der Waals surface area contributed by atoms with Gasteiger partial charge in [-0.05, 0) is 30.0 Å². The van der Waals surface area contributed by atoms with Gasteiger partial charge in [0.05, 0.1) is 18.0 Å². The molecule has 0 aliphatic carbocycles. The summed E-state index contributed by atoms with van der Waals surface area (Å²) in [4.78, 5) is 13.0. The molecule has 0 atom stereocenters. The highest BCUT2D eigenvalue weighted by Crippen LogP contribution is 2.22. The van der Waals surface area contributed by atoms with Crippen LogP contribution < -0.4 is 11.1 Å². The van der Waals surface area contributed by atoms with Crippen LogP contribution in [0.25, 0.3) is 0 Å². The van der Waals surface area contributed by atoms with E-state index in [0.29, 0.717) is 18.0 Å². The van der Waals surface area contributed by atoms with Gasteiger partial charge in [-0.2, -0.15) is 0 Å². The summed E-state index contributed by atoms with van der Waals surface area (Å²) >= 11 is 1.69. The summed E-state index contributed by atoms with van der Waals surface area (Å²) in [5.74, 6) is -0.183. The molecule has 0 bridgehead atoms. The molecular weight excluding hydrogens is 272 g/mol. The third-order valence-electron chi connectivity index (χ3n) is 2.88. The van der Waals surface area contributed by atoms with Crippen molar-refractivity contribution in [3.63, 3.8) is 0 Å². The molecule has 3 N–H and O–H groups in total. The zero-order valence-electron chi connectivity index (χ0n) is 11.4. The molecule has 0 aliphatic rings. The second-order valence-corrected chi connectivity index (χ2v) is 5.50. The average Bonchev–Trinajstić information content (AvgIpc) is 2.92. The first-order chi connectivity index (χ1) is 9.66. The molecule has 0 aliphatic heterocycles. The molecule has 20 heavy (non-hydrogen) atoms. The van der Waals surface area contributed by atoms with Crippen LogP contribution in [0.15, 0.2) is 35.7 Å². The van der Waals surface area contributed by atoms with Gasteiger partial charge in [0.15, 0.2) is 0 Å². The summed E-state index contributed by atoms with van der Waals surface area (Å²) in [7, 11) is 0. The largest absolute Gasteiger partial charge is 0.397 e. The summed E-state index contributed by atoms with van der Waals surface area (Å²) in [5, 5.41) is 4.82. The lowest BCUT2D eigenvalue weighted by Gasteiger charge is -2.11. The number of carbonyl (C=O) groups excluding carboxylic acids is 1. The Morgan fingerprint density at radius 2 is 2.20 bits per heavy atom. The van der Waals surface area contributed by atoms with Gasteiger partial charge in [-0.1, -0.05) is 18.2 Å². The highest BCUT2D eigenvalue weighted by atomic mass is 32.1. The number of ether oxygens (including phenoxy) is 1. The Morgan fingerprint density at radius 1 is 1.35 bits per heavy atom. The number of hydrogen-bond acceptors (Lipinski definition) is 4. The number of rotatable bonds is 6. The Labute approximate surface area is 122 Å². The second kappa shape index (κ2) is 7.07. The van der Waals surface area contributed by atoms with Crippen LogP contribution in [0.1, 0.15) is 10.4 Å². The molecule has 0 unspecified atom stereocenters. The molecular formula is C15H18N2O2S. The zero-order valence-corrected chi connectivity index (χ0v) is 12.2. The van der Waals surface area contributed by atoms with Crippen molar-refractivity contribution in [1.29, 1.82) is 0 Å². The van der Waals surface area contributed by atoms with Gasteiger partial charge in [0, 0.05) is 11.3 Å². The minimum Gasteiger partial charge on any atom is -0.397 e. The van der Waals surface area contributed by atoms with Gasteiger partial charge < -0.3 is 15.8 Å². The van der Waals surface area contributed by atoms with E-state index in [9.17, 15) is 4.79 Å². The molecule has 5 heteroatoms. The van der Waals surface area contributed by atoms with Gasteiger partial charge in [0.1, 0.15) is 6.61 Å². The van der Waals surface area contributed by atoms with E-state index in [4.69, 9.17) is 10.5 Å². The van der Waals surface area contributed by atoms with E-state index in [1.807, 2.05) is 30.5 Å². The molecule has 2 rings (SSSR count). The van der Waals surface area contributed by atoms with Gasteiger partial charge in [-0.3, -0.25) is 4.79 Å². The number of thiophene rings is 1. The molecule has 1 amide bonds. The molecule has 106 valence electrons. The predicted octanol–water partition coefficient (Wildman–Crippen LogP) is 2.84. The van der Waals surface area contributed by atoms with Crippen molar-refractivity contribution in [3.8, 4) is 0 Å². The maximum atomic E-state index is 11.8. The van der Waals surface area contributed by atoms with Crippen LogP contribution in [0.5, 0.6) is 0 Å². The van der Waals surface area contributed by atoms with Crippen LogP contribution in [0, 0.1) is 6.92 Å². The number of para-hydroxylation sites is 1. The van der Waals surface area contributed by atoms with Gasteiger partial charge in [-0.15, -0.1) is 11.3 Å². The monoisotopic (exact) mass is 290 g/mol. The number of benzene rings is 1. The highest BCUT2D eigenvalue weighted by molar-refractivity contribution is 7.09. The van der Waals surface area contributed by atoms with Gasteiger partial charge in [-0.25, -0.2) is 0 Å². The summed E-state index contributed by atoms with van der Waals surface area (Å²) in [6.07, 6.45) is 0.831. The lowest BCUT2D eigenvalue weighted by molar-refractivity contribution is -0.120. The van der Waals surface area contributed by atoms with Crippen molar-refractivity contribution in [2.45, 2.75) is 13.3 Å². The summed E-state index contributed by atoms with van der Waals surface area (Å²) in [6.45, 7) is 2.49. The normalized spacial score (nSPS) is 10.4. The Hall–Kier alpha value is -1.85. The smallest absolute Gasteiger partial charge is 0.250 e. The Morgan fingerprint density at radius 3 is 2.90 bits per heavy atom. The van der Waals surface area contributed by atoms with E-state index >= 15 is 0 Å². The van der Waals surface area contributed by atoms with Crippen molar-refractivity contribution < 1.29 is 9.53 Å². The summed E-state index contributed by atoms with van der Waals surface area (Å²) < 4.78 is 5.37. The highest BCUT2D eigenvalue weighted by Gasteiger charge is 2.07. The number of amides is 1. The fourth-order valence-electron chi connectivity index (χ4n) is 1.83. The first-order valence-corrected chi connectivity index (χ1v) is 7.30. The van der Waals surface area contributed by atoms with Crippen molar-refractivity contribution in [2.24, 2.45) is 0 Å². The SMILES string of the molecule is Cc1cccc(N)c1NC(=O)COCCc1cccs1. The number of carbonyl (C=O) groups is 1. The van der Waals surface area contributed by atoms with E-state index in [1.165, 1.54) is 4.88 Å². The number of nitrogen functional groups attached to an aromatic ring is 1. The van der Waals surface area contributed by atoms with E-state index < -0.39 is 0 Å². The van der Waals surface area contributed by atoms with E-state index in [2.05, 4.69) is 11.4 Å². The number of aryl methyl sites for hydroxylation is 1. The Balaban J connectivity index is 1.75. The van der Waals surface area contributed by atoms with E-state index in [-0.39, 0.29) is 12.5 Å². The fraction of sp³-hybridized carbons (Fsp3) is 0.267. The van der Waals surface area contributed by atoms with Crippen molar-refractivity contribution >= 4 is 28.6 Å². The Kier molecular flexibility index (Phi) is 5.15. The first-order valence-electron chi connectivity index (χ1n) is 6.42. The quantitative estimate of drug-likeness (QED) is 0.635. The number of hydrogen-bond donors (Lipinski definition) is 2. The third-order valence-corrected chi connectivity index (χ3v) is 3.81. The zero-order chi connectivity index (χ0) is 14.4. The maximum Gasteiger partial charge on any atom is 0.250 e. The molecule has 4 nitrogen and oxygen atoms in total. The molecule has 0 spiro atoms. The fourth-order valence-corrected chi connectivity index (χ4v) is 2.52. The standard InChI is InChI=1S/C15H18N2O2S/c1-11-4-2-6-13(16)15(11)17-14(18)10-19-8-7-12-5-3-9-20-12/h2-6,9H,7-8,10,16H2,1H3,(H,17,18). The van der Waals surface area contributed by atoms with Crippen LogP contribution in [0.2, 0.25) is 0 Å². The predicted molar refractivity (Wildman–Crippen MR) is 83.1 cm³/mol. The van der Waals surface area contributed by atoms with Gasteiger partial charge in [0.25, 0.3) is 0 Å². The van der Waals surface area contributed by atoms with Crippen molar-refractivity contribution in [3.05, 3.63) is 46.2 Å². The number of nitrogens with one attached hydrogen (secondary N) is 1. The van der Waals surface area contributed by atoms with Crippen LogP contribution in [0.3, 0.4) is 0 Å². The van der Waals surface area contributed by atoms with Crippen LogP contribution >= 0.6 is 11.3 Å². The molecule has 0 saturated carbocycles. The molecule has 0 fully saturated rings. The molecule has 1 aromatic heterocycles. The molecule has 2 aromatic rings. The lowest BCUT2D eigenvalue weighted by Crippen LogP contribution is -2.20. The number of nitrogens with two attached hydrogens (primary N) is 1. The van der Waals surface area contributed by atoms with Crippen LogP contribution in [-0.2, 0) is 16.0 Å². The third kappa shape index (κ3) is 4.08. The molecule has 0 radical (unpaired) electrons. The first kappa shape index (κ1) is 14.6. The van der Waals surface area contributed by atoms with Gasteiger partial charge >= 0.3 is 0 Å². The maximum absolute atomic E-state index is 11.8. The minimum absolute atomic E-state index is 0.0408. The van der Waals surface area contributed by atoms with Crippen molar-refractivity contribution in [2.75, 3.05) is 24.3 Å². The van der Waals surface area contributed by atoms with Crippen LogP contribution in [-0.4, -0.2) is 19.1 Å². The second-order valence-electron chi connectivity index (χ2n) is 4.47. The van der Waals surface area contributed by atoms with E-state index in [0.717, 1.165) is 12.0 Å². The molecule has 0 saturated heterocycles. The molecule has 1 aromatic carbocycles. The Bertz CT molecular complexity index is 547. The van der Waals surface area contributed by atoms with Gasteiger partial charge in [0.2, 0.25) is 5.91 Å². The lowest BCUT2D eigenvalue weighted by atomic mass is 10.1. The number of anilines is 2. The minimum atomic E-state index is -0.183. The summed E-state index contributed by atoms with van der Waals surface area (Å²) in [6, 6.07) is 9.59. The van der Waals surface area contributed by atoms with E-state index in [1.54, 1.807) is 17.4 Å². The van der Waals surface area contributed by atoms with Crippen LogP contribution in [0.4, 0.5) is 11.4 Å². The summed E-state index contributed by atoms with van der Waals surface area (Å²) in [5.41, 5.74) is 8.01. The average molecular weight is 290 g/mol. The van der Waals surface area contributed by atoms with Crippen molar-refractivity contribution in [1.82, 2.24) is 0 Å². The topological polar surface area (TPSA) is 64.3 Å². The molecule has 1 heterocycles.